The van der Waals surface area contributed by atoms with Gasteiger partial charge in [0.2, 0.25) is 0 Å². The zero-order valence-electron chi connectivity index (χ0n) is 18.8. The van der Waals surface area contributed by atoms with E-state index in [2.05, 4.69) is 10.3 Å². The number of aromatic nitrogens is 2. The largest absolute Gasteiger partial charge is 0.478 e. The fourth-order valence-electron chi connectivity index (χ4n) is 4.40. The molecule has 0 amide bonds. The molecule has 1 aliphatic rings. The Bertz CT molecular complexity index is 1300. The van der Waals surface area contributed by atoms with Gasteiger partial charge in [-0.2, -0.15) is 13.2 Å². The zero-order chi connectivity index (χ0) is 24.6. The van der Waals surface area contributed by atoms with E-state index in [4.69, 9.17) is 0 Å². The Labute approximate surface area is 193 Å². The number of piperidine rings is 1. The quantitative estimate of drug-likeness (QED) is 0.548. The van der Waals surface area contributed by atoms with E-state index in [1.165, 1.54) is 17.2 Å². The van der Waals surface area contributed by atoms with Crippen LogP contribution in [0, 0.1) is 6.92 Å². The van der Waals surface area contributed by atoms with Gasteiger partial charge in [0.25, 0.3) is 5.56 Å². The van der Waals surface area contributed by atoms with E-state index in [0.717, 1.165) is 23.7 Å². The fourth-order valence-corrected chi connectivity index (χ4v) is 4.40. The molecule has 0 spiro atoms. The predicted octanol–water partition coefficient (Wildman–Crippen LogP) is 4.88. The summed E-state index contributed by atoms with van der Waals surface area (Å²) in [6.07, 6.45) is -1.14. The molecule has 0 saturated carbocycles. The number of carboxylic acid groups (broad SMARTS) is 1. The number of aryl methyl sites for hydroxylation is 1. The van der Waals surface area contributed by atoms with E-state index in [-0.39, 0.29) is 17.0 Å². The van der Waals surface area contributed by atoms with Gasteiger partial charge in [-0.1, -0.05) is 12.1 Å². The lowest BCUT2D eigenvalue weighted by atomic mass is 10.1. The molecule has 1 atom stereocenters. The standard InChI is InChI=1S/C24H25F3N4O3/c1-14-12-17(15(2)28-18-9-5-4-8-16(18)23(33)34)20-29-21(30-10-6-3-7-11-30)19(24(25,26)27)22(32)31(20)13-14/h4-5,8-9,12-13,15,28H,3,6-7,10-11H2,1-2H3,(H,33,34). The van der Waals surface area contributed by atoms with Gasteiger partial charge in [-0.3, -0.25) is 9.20 Å². The van der Waals surface area contributed by atoms with Crippen LogP contribution in [0.1, 0.15) is 59.3 Å². The highest BCUT2D eigenvalue weighted by Crippen LogP contribution is 2.35. The van der Waals surface area contributed by atoms with E-state index < -0.39 is 29.3 Å². The average Bonchev–Trinajstić information content (AvgIpc) is 2.78. The third-order valence-electron chi connectivity index (χ3n) is 6.01. The molecule has 1 aliphatic heterocycles. The molecule has 180 valence electrons. The van der Waals surface area contributed by atoms with Crippen molar-refractivity contribution in [2.75, 3.05) is 23.3 Å². The second-order valence-corrected chi connectivity index (χ2v) is 8.54. The number of halogens is 3. The van der Waals surface area contributed by atoms with Gasteiger partial charge in [-0.15, -0.1) is 0 Å². The van der Waals surface area contributed by atoms with Crippen LogP contribution in [0.2, 0.25) is 0 Å². The molecule has 34 heavy (non-hydrogen) atoms. The third-order valence-corrected chi connectivity index (χ3v) is 6.01. The predicted molar refractivity (Wildman–Crippen MR) is 123 cm³/mol. The van der Waals surface area contributed by atoms with Crippen LogP contribution in [0.25, 0.3) is 5.65 Å². The van der Waals surface area contributed by atoms with Crippen molar-refractivity contribution in [2.45, 2.75) is 45.3 Å². The van der Waals surface area contributed by atoms with Crippen LogP contribution in [0.3, 0.4) is 0 Å². The number of anilines is 2. The zero-order valence-corrected chi connectivity index (χ0v) is 18.8. The summed E-state index contributed by atoms with van der Waals surface area (Å²) in [7, 11) is 0. The van der Waals surface area contributed by atoms with Crippen molar-refractivity contribution < 1.29 is 23.1 Å². The van der Waals surface area contributed by atoms with Gasteiger partial charge in [0.15, 0.2) is 5.56 Å². The summed E-state index contributed by atoms with van der Waals surface area (Å²) in [6, 6.07) is 7.55. The monoisotopic (exact) mass is 474 g/mol. The lowest BCUT2D eigenvalue weighted by Gasteiger charge is -2.30. The van der Waals surface area contributed by atoms with Crippen molar-refractivity contribution in [3.8, 4) is 0 Å². The summed E-state index contributed by atoms with van der Waals surface area (Å²) in [4.78, 5) is 30.7. The topological polar surface area (TPSA) is 86.9 Å². The van der Waals surface area contributed by atoms with Gasteiger partial charge in [0, 0.05) is 30.5 Å². The Morgan fingerprint density at radius 2 is 1.85 bits per heavy atom. The number of carboxylic acids is 1. The number of nitrogens with zero attached hydrogens (tertiary/aromatic N) is 3. The average molecular weight is 474 g/mol. The van der Waals surface area contributed by atoms with Gasteiger partial charge in [-0.25, -0.2) is 9.78 Å². The number of hydrogen-bond donors (Lipinski definition) is 2. The van der Waals surface area contributed by atoms with Crippen LogP contribution in [-0.4, -0.2) is 33.6 Å². The number of carbonyl (C=O) groups is 1. The van der Waals surface area contributed by atoms with Crippen LogP contribution >= 0.6 is 0 Å². The van der Waals surface area contributed by atoms with E-state index in [9.17, 15) is 27.9 Å². The van der Waals surface area contributed by atoms with Gasteiger partial charge < -0.3 is 15.3 Å². The first-order valence-corrected chi connectivity index (χ1v) is 11.1. The molecular weight excluding hydrogens is 449 g/mol. The molecule has 0 bridgehead atoms. The lowest BCUT2D eigenvalue weighted by Crippen LogP contribution is -2.37. The van der Waals surface area contributed by atoms with Crippen LogP contribution in [-0.2, 0) is 6.18 Å². The number of alkyl halides is 3. The second kappa shape index (κ2) is 9.00. The first kappa shape index (κ1) is 23.6. The van der Waals surface area contributed by atoms with Crippen LogP contribution in [0.4, 0.5) is 24.7 Å². The van der Waals surface area contributed by atoms with E-state index in [1.807, 2.05) is 0 Å². The molecule has 1 fully saturated rings. The summed E-state index contributed by atoms with van der Waals surface area (Å²) in [5, 5.41) is 12.6. The minimum atomic E-state index is -4.85. The molecule has 2 N–H and O–H groups in total. The molecule has 3 heterocycles. The number of nitrogens with one attached hydrogen (secondary N) is 1. The van der Waals surface area contributed by atoms with Crippen LogP contribution < -0.4 is 15.8 Å². The van der Waals surface area contributed by atoms with Crippen LogP contribution in [0.15, 0.2) is 41.3 Å². The maximum Gasteiger partial charge on any atom is 0.425 e. The molecule has 4 rings (SSSR count). The Kier molecular flexibility index (Phi) is 6.24. The van der Waals surface area contributed by atoms with E-state index in [0.29, 0.717) is 29.9 Å². The maximum absolute atomic E-state index is 14.0. The molecule has 7 nitrogen and oxygen atoms in total. The smallest absolute Gasteiger partial charge is 0.425 e. The molecule has 1 aromatic carbocycles. The number of rotatable bonds is 5. The summed E-state index contributed by atoms with van der Waals surface area (Å²) in [6.45, 7) is 4.22. The van der Waals surface area contributed by atoms with Crippen molar-refractivity contribution in [1.29, 1.82) is 0 Å². The Balaban J connectivity index is 1.90. The minimum absolute atomic E-state index is 0.0600. The number of benzene rings is 1. The first-order valence-electron chi connectivity index (χ1n) is 11.1. The highest BCUT2D eigenvalue weighted by Gasteiger charge is 2.40. The molecule has 0 radical (unpaired) electrons. The highest BCUT2D eigenvalue weighted by atomic mass is 19.4. The SMILES string of the molecule is Cc1cc(C(C)Nc2ccccc2C(=O)O)c2nc(N3CCCCC3)c(C(F)(F)F)c(=O)n2c1. The normalized spacial score (nSPS) is 15.4. The Morgan fingerprint density at radius 1 is 1.18 bits per heavy atom. The molecule has 1 saturated heterocycles. The summed E-state index contributed by atoms with van der Waals surface area (Å²) >= 11 is 0. The summed E-state index contributed by atoms with van der Waals surface area (Å²) in [5.74, 6) is -1.46. The molecular formula is C24H25F3N4O3. The summed E-state index contributed by atoms with van der Waals surface area (Å²) in [5.41, 5.74) is -0.842. The van der Waals surface area contributed by atoms with Gasteiger partial charge >= 0.3 is 12.1 Å². The number of hydrogen-bond acceptors (Lipinski definition) is 5. The van der Waals surface area contributed by atoms with E-state index in [1.54, 1.807) is 38.1 Å². The maximum atomic E-state index is 14.0. The Hall–Kier alpha value is -3.56. The third kappa shape index (κ3) is 4.44. The number of para-hydroxylation sites is 1. The van der Waals surface area contributed by atoms with Crippen molar-refractivity contribution in [2.24, 2.45) is 0 Å². The number of aromatic carboxylic acids is 1. The van der Waals surface area contributed by atoms with Crippen molar-refractivity contribution >= 4 is 23.1 Å². The molecule has 3 aromatic rings. The number of pyridine rings is 1. The van der Waals surface area contributed by atoms with Gasteiger partial charge in [0.1, 0.15) is 11.5 Å². The molecule has 1 unspecified atom stereocenters. The molecule has 2 aromatic heterocycles. The first-order chi connectivity index (χ1) is 16.1. The van der Waals surface area contributed by atoms with E-state index >= 15 is 0 Å². The molecule has 0 aliphatic carbocycles. The van der Waals surface area contributed by atoms with Gasteiger partial charge in [0.05, 0.1) is 11.6 Å². The number of fused-ring (bicyclic) bond motifs is 1. The summed E-state index contributed by atoms with van der Waals surface area (Å²) < 4.78 is 43.0. The Morgan fingerprint density at radius 3 is 2.50 bits per heavy atom. The fraction of sp³-hybridized carbons (Fsp3) is 0.375. The highest BCUT2D eigenvalue weighted by molar-refractivity contribution is 5.94. The minimum Gasteiger partial charge on any atom is -0.478 e. The van der Waals surface area contributed by atoms with Gasteiger partial charge in [-0.05, 0) is 56.9 Å². The van der Waals surface area contributed by atoms with Crippen molar-refractivity contribution in [3.05, 3.63) is 69.1 Å². The van der Waals surface area contributed by atoms with Crippen LogP contribution in [0.5, 0.6) is 0 Å². The van der Waals surface area contributed by atoms with Crippen molar-refractivity contribution in [1.82, 2.24) is 9.38 Å². The van der Waals surface area contributed by atoms with Crippen molar-refractivity contribution in [3.63, 3.8) is 0 Å². The molecule has 10 heteroatoms. The second-order valence-electron chi connectivity index (χ2n) is 8.54. The lowest BCUT2D eigenvalue weighted by molar-refractivity contribution is -0.138.